The number of halogens is 1. The minimum absolute atomic E-state index is 0.0774. The van der Waals surface area contributed by atoms with Crippen molar-refractivity contribution in [2.75, 3.05) is 13.7 Å². The van der Waals surface area contributed by atoms with Gasteiger partial charge in [-0.25, -0.2) is 4.98 Å². The Kier molecular flexibility index (Phi) is 6.45. The highest BCUT2D eigenvalue weighted by Gasteiger charge is 2.17. The Bertz CT molecular complexity index is 1490. The third-order valence-electron chi connectivity index (χ3n) is 5.16. The van der Waals surface area contributed by atoms with Crippen molar-refractivity contribution in [3.05, 3.63) is 75.7 Å². The topological polar surface area (TPSA) is 74.3 Å². The largest absolute Gasteiger partial charge is 0.385 e. The van der Waals surface area contributed by atoms with Gasteiger partial charge in [0.1, 0.15) is 0 Å². The molecule has 5 rings (SSSR count). The van der Waals surface area contributed by atoms with Crippen LogP contribution in [-0.2, 0) is 17.0 Å². The average Bonchev–Trinajstić information content (AvgIpc) is 3.39. The summed E-state index contributed by atoms with van der Waals surface area (Å²) in [7, 11) is 1.69. The highest BCUT2D eigenvalue weighted by Crippen LogP contribution is 2.31. The Morgan fingerprint density at radius 1 is 1.12 bits per heavy atom. The number of methoxy groups -OCH3 is 1. The molecule has 0 aliphatic rings. The highest BCUT2D eigenvalue weighted by atomic mass is 35.5. The summed E-state index contributed by atoms with van der Waals surface area (Å²) in [6.45, 7) is 1.32. The van der Waals surface area contributed by atoms with E-state index in [1.165, 1.54) is 23.1 Å². The normalized spacial score (nSPS) is 11.6. The van der Waals surface area contributed by atoms with Crippen molar-refractivity contribution < 1.29 is 4.74 Å². The Balaban J connectivity index is 1.45. The van der Waals surface area contributed by atoms with Crippen molar-refractivity contribution in [3.8, 4) is 11.4 Å². The van der Waals surface area contributed by atoms with Gasteiger partial charge in [-0.05, 0) is 30.7 Å². The molecule has 2 aromatic carbocycles. The van der Waals surface area contributed by atoms with Crippen LogP contribution in [0.25, 0.3) is 26.6 Å². The van der Waals surface area contributed by atoms with Crippen LogP contribution < -0.4 is 5.56 Å². The molecule has 0 N–H and O–H groups in total. The van der Waals surface area contributed by atoms with E-state index >= 15 is 0 Å². The fourth-order valence-corrected chi connectivity index (χ4v) is 5.77. The summed E-state index contributed by atoms with van der Waals surface area (Å²) in [5, 5.41) is 10.2. The minimum Gasteiger partial charge on any atom is -0.385 e. The molecule has 0 spiro atoms. The fraction of sp³-hybridized carbons (Fsp3) is 0.217. The van der Waals surface area contributed by atoms with Crippen LogP contribution in [-0.4, -0.2) is 37.9 Å². The number of aromatic nitrogens is 5. The maximum atomic E-state index is 12.8. The van der Waals surface area contributed by atoms with E-state index < -0.39 is 0 Å². The van der Waals surface area contributed by atoms with Gasteiger partial charge in [0, 0.05) is 37.6 Å². The number of fused-ring (bicyclic) bond motifs is 3. The number of para-hydroxylation sites is 1. The SMILES string of the molecule is COCCCn1c(SCc2cc(=O)n3c(n2)sc2ccccc23)nnc1-c1ccccc1Cl. The molecule has 7 nitrogen and oxygen atoms in total. The molecule has 33 heavy (non-hydrogen) atoms. The first-order valence-corrected chi connectivity index (χ1v) is 12.5. The zero-order valence-electron chi connectivity index (χ0n) is 17.8. The second-order valence-electron chi connectivity index (χ2n) is 7.35. The lowest BCUT2D eigenvalue weighted by Crippen LogP contribution is -2.13. The average molecular weight is 498 g/mol. The molecule has 0 aliphatic heterocycles. The van der Waals surface area contributed by atoms with Crippen LogP contribution in [0.3, 0.4) is 0 Å². The van der Waals surface area contributed by atoms with E-state index in [1.54, 1.807) is 17.6 Å². The highest BCUT2D eigenvalue weighted by molar-refractivity contribution is 7.98. The molecule has 5 aromatic rings. The van der Waals surface area contributed by atoms with Gasteiger partial charge in [-0.15, -0.1) is 10.2 Å². The number of hydrogen-bond donors (Lipinski definition) is 0. The molecule has 0 radical (unpaired) electrons. The molecule has 0 saturated heterocycles. The minimum atomic E-state index is -0.0774. The Labute approximate surface area is 203 Å². The summed E-state index contributed by atoms with van der Waals surface area (Å²) in [5.74, 6) is 1.22. The lowest BCUT2D eigenvalue weighted by molar-refractivity contribution is 0.189. The van der Waals surface area contributed by atoms with Crippen molar-refractivity contribution in [2.24, 2.45) is 0 Å². The molecule has 3 heterocycles. The van der Waals surface area contributed by atoms with E-state index in [0.717, 1.165) is 27.4 Å². The van der Waals surface area contributed by atoms with Crippen molar-refractivity contribution in [3.63, 3.8) is 0 Å². The number of benzene rings is 2. The van der Waals surface area contributed by atoms with Crippen molar-refractivity contribution >= 4 is 49.9 Å². The van der Waals surface area contributed by atoms with Gasteiger partial charge in [0.15, 0.2) is 15.9 Å². The van der Waals surface area contributed by atoms with E-state index in [1.807, 2.05) is 48.5 Å². The standard InChI is InChI=1S/C23H20ClN5O2S2/c1-31-12-6-11-28-21(16-7-2-3-8-17(16)24)26-27-23(28)32-14-15-13-20(30)29-18-9-4-5-10-19(18)33-22(29)25-15/h2-5,7-10,13H,6,11-12,14H2,1H3. The molecule has 3 aromatic heterocycles. The summed E-state index contributed by atoms with van der Waals surface area (Å²) >= 11 is 9.44. The smallest absolute Gasteiger partial charge is 0.259 e. The molecule has 0 unspecified atom stereocenters. The molecule has 0 bridgehead atoms. The van der Waals surface area contributed by atoms with Crippen LogP contribution in [0.15, 0.2) is 64.5 Å². The van der Waals surface area contributed by atoms with Gasteiger partial charge < -0.3 is 9.30 Å². The van der Waals surface area contributed by atoms with E-state index in [2.05, 4.69) is 14.8 Å². The van der Waals surface area contributed by atoms with Gasteiger partial charge in [-0.1, -0.05) is 59.0 Å². The molecule has 0 atom stereocenters. The van der Waals surface area contributed by atoms with Gasteiger partial charge in [-0.2, -0.15) is 0 Å². The second kappa shape index (κ2) is 9.64. The molecular weight excluding hydrogens is 478 g/mol. The van der Waals surface area contributed by atoms with Gasteiger partial charge >= 0.3 is 0 Å². The van der Waals surface area contributed by atoms with Crippen molar-refractivity contribution in [1.82, 2.24) is 24.1 Å². The summed E-state index contributed by atoms with van der Waals surface area (Å²) in [5.41, 5.74) is 2.35. The first kappa shape index (κ1) is 22.1. The van der Waals surface area contributed by atoms with Gasteiger partial charge in [0.2, 0.25) is 0 Å². The van der Waals surface area contributed by atoms with E-state index in [0.29, 0.717) is 40.4 Å². The predicted molar refractivity (Wildman–Crippen MR) is 133 cm³/mol. The number of nitrogens with zero attached hydrogens (tertiary/aromatic N) is 5. The Morgan fingerprint density at radius 3 is 2.79 bits per heavy atom. The summed E-state index contributed by atoms with van der Waals surface area (Å²) in [6.07, 6.45) is 0.812. The molecule has 0 amide bonds. The van der Waals surface area contributed by atoms with E-state index in [9.17, 15) is 4.79 Å². The van der Waals surface area contributed by atoms with Crippen LogP contribution >= 0.6 is 34.7 Å². The van der Waals surface area contributed by atoms with Crippen LogP contribution in [0.4, 0.5) is 0 Å². The lowest BCUT2D eigenvalue weighted by atomic mass is 10.2. The lowest BCUT2D eigenvalue weighted by Gasteiger charge is -2.11. The van der Waals surface area contributed by atoms with Gasteiger partial charge in [0.25, 0.3) is 5.56 Å². The zero-order chi connectivity index (χ0) is 22.8. The number of hydrogen-bond acceptors (Lipinski definition) is 7. The molecule has 0 aliphatic carbocycles. The summed E-state index contributed by atoms with van der Waals surface area (Å²) in [4.78, 5) is 18.2. The zero-order valence-corrected chi connectivity index (χ0v) is 20.2. The third-order valence-corrected chi connectivity index (χ3v) is 7.51. The van der Waals surface area contributed by atoms with E-state index in [-0.39, 0.29) is 5.56 Å². The maximum absolute atomic E-state index is 12.8. The van der Waals surface area contributed by atoms with Crippen molar-refractivity contribution in [1.29, 1.82) is 0 Å². The number of thiazole rings is 1. The first-order chi connectivity index (χ1) is 16.2. The second-order valence-corrected chi connectivity index (χ2v) is 9.70. The quantitative estimate of drug-likeness (QED) is 0.218. The van der Waals surface area contributed by atoms with Crippen LogP contribution in [0, 0.1) is 0 Å². The van der Waals surface area contributed by atoms with Gasteiger partial charge in [0.05, 0.1) is 20.9 Å². The van der Waals surface area contributed by atoms with Crippen molar-refractivity contribution in [2.45, 2.75) is 23.9 Å². The third kappa shape index (κ3) is 4.41. The predicted octanol–water partition coefficient (Wildman–Crippen LogP) is 5.15. The Hall–Kier alpha value is -2.72. The maximum Gasteiger partial charge on any atom is 0.259 e. The number of rotatable bonds is 8. The summed E-state index contributed by atoms with van der Waals surface area (Å²) in [6, 6.07) is 17.0. The number of ether oxygens (including phenoxy) is 1. The van der Waals surface area contributed by atoms with Crippen LogP contribution in [0.2, 0.25) is 5.02 Å². The summed E-state index contributed by atoms with van der Waals surface area (Å²) < 4.78 is 9.98. The van der Waals surface area contributed by atoms with Crippen LogP contribution in [0.1, 0.15) is 12.1 Å². The molecule has 0 fully saturated rings. The Morgan fingerprint density at radius 2 is 1.94 bits per heavy atom. The molecule has 0 saturated carbocycles. The van der Waals surface area contributed by atoms with Crippen LogP contribution in [0.5, 0.6) is 0 Å². The monoisotopic (exact) mass is 497 g/mol. The van der Waals surface area contributed by atoms with Gasteiger partial charge in [-0.3, -0.25) is 9.20 Å². The van der Waals surface area contributed by atoms with E-state index in [4.69, 9.17) is 21.3 Å². The fourth-order valence-electron chi connectivity index (χ4n) is 3.64. The molecule has 10 heteroatoms. The molecular formula is C23H20ClN5O2S2. The number of thioether (sulfide) groups is 1. The molecule has 168 valence electrons. The first-order valence-electron chi connectivity index (χ1n) is 10.4.